The van der Waals surface area contributed by atoms with Crippen molar-refractivity contribution in [1.29, 1.82) is 0 Å². The number of benzene rings is 2. The maximum atomic E-state index is 12.7. The van der Waals surface area contributed by atoms with E-state index in [1.165, 1.54) is 11.5 Å². The minimum absolute atomic E-state index is 0.150. The number of carbonyl (C=O) groups is 1. The number of H-pyrrole nitrogens is 1. The summed E-state index contributed by atoms with van der Waals surface area (Å²) in [6.45, 7) is 1.93. The lowest BCUT2D eigenvalue weighted by atomic mass is 10.2. The van der Waals surface area contributed by atoms with Crippen molar-refractivity contribution in [2.24, 2.45) is 7.05 Å². The lowest BCUT2D eigenvalue weighted by Crippen LogP contribution is -2.15. The van der Waals surface area contributed by atoms with Crippen LogP contribution < -0.4 is 10.9 Å². The minimum Gasteiger partial charge on any atom is -0.340 e. The molecule has 0 spiro atoms. The summed E-state index contributed by atoms with van der Waals surface area (Å²) >= 11 is 7.64. The Morgan fingerprint density at radius 1 is 1.20 bits per heavy atom. The molecule has 2 N–H and O–H groups in total. The average Bonchev–Trinajstić information content (AvgIpc) is 3.12. The van der Waals surface area contributed by atoms with E-state index < -0.39 is 0 Å². The first-order valence-electron chi connectivity index (χ1n) is 7.63. The average molecular weight is 372 g/mol. The zero-order valence-electron chi connectivity index (χ0n) is 13.5. The van der Waals surface area contributed by atoms with Gasteiger partial charge in [0.2, 0.25) is 0 Å². The third-order valence-corrected chi connectivity index (χ3v) is 5.69. The molecule has 0 saturated heterocycles. The molecule has 2 aromatic heterocycles. The molecule has 0 saturated carbocycles. The summed E-state index contributed by atoms with van der Waals surface area (Å²) < 4.78 is 5.35. The second-order valence-electron chi connectivity index (χ2n) is 5.92. The Labute approximate surface area is 152 Å². The van der Waals surface area contributed by atoms with Gasteiger partial charge in [0.1, 0.15) is 5.69 Å². The van der Waals surface area contributed by atoms with E-state index >= 15 is 0 Å². The number of aromatic nitrogens is 2. The number of hydrogen-bond acceptors (Lipinski definition) is 3. The number of aryl methyl sites for hydroxylation is 2. The van der Waals surface area contributed by atoms with E-state index in [2.05, 4.69) is 9.69 Å². The standard InChI is InChI=1S/C18H14ClN3O2S/c1-9-3-5-13-11(16(9)19)8-14(22(13)2)18(24)20-10-4-6-15-12(7-10)17(23)21-25-15/h3-8H,1-2H3,(H,20,24)(H,21,23). The van der Waals surface area contributed by atoms with Gasteiger partial charge in [-0.05, 0) is 42.8 Å². The summed E-state index contributed by atoms with van der Waals surface area (Å²) in [6, 6.07) is 10.9. The third-order valence-electron chi connectivity index (χ3n) is 4.32. The first-order valence-corrected chi connectivity index (χ1v) is 8.82. The van der Waals surface area contributed by atoms with Crippen LogP contribution in [0, 0.1) is 6.92 Å². The van der Waals surface area contributed by atoms with Crippen molar-refractivity contribution < 1.29 is 4.79 Å². The zero-order chi connectivity index (χ0) is 17.7. The van der Waals surface area contributed by atoms with Crippen LogP contribution >= 0.6 is 23.1 Å². The quantitative estimate of drug-likeness (QED) is 0.551. The van der Waals surface area contributed by atoms with Gasteiger partial charge < -0.3 is 9.88 Å². The fraction of sp³-hybridized carbons (Fsp3) is 0.111. The molecule has 0 fully saturated rings. The van der Waals surface area contributed by atoms with Gasteiger partial charge in [-0.2, -0.15) is 0 Å². The molecule has 126 valence electrons. The summed E-state index contributed by atoms with van der Waals surface area (Å²) in [6.07, 6.45) is 0. The van der Waals surface area contributed by atoms with E-state index in [1.807, 2.05) is 36.7 Å². The summed E-state index contributed by atoms with van der Waals surface area (Å²) in [5.74, 6) is -0.251. The highest BCUT2D eigenvalue weighted by atomic mass is 35.5. The minimum atomic E-state index is -0.251. The highest BCUT2D eigenvalue weighted by Crippen LogP contribution is 2.29. The Kier molecular flexibility index (Phi) is 3.67. The molecule has 0 bridgehead atoms. The van der Waals surface area contributed by atoms with Gasteiger partial charge in [0.15, 0.2) is 0 Å². The molecule has 5 nitrogen and oxygen atoms in total. The molecule has 2 heterocycles. The van der Waals surface area contributed by atoms with E-state index in [-0.39, 0.29) is 11.5 Å². The van der Waals surface area contributed by atoms with E-state index in [1.54, 1.807) is 18.2 Å². The summed E-state index contributed by atoms with van der Waals surface area (Å²) in [4.78, 5) is 24.5. The second-order valence-corrected chi connectivity index (χ2v) is 7.14. The summed E-state index contributed by atoms with van der Waals surface area (Å²) in [5.41, 5.74) is 2.79. The number of aromatic amines is 1. The molecule has 25 heavy (non-hydrogen) atoms. The van der Waals surface area contributed by atoms with Crippen molar-refractivity contribution in [3.63, 3.8) is 0 Å². The van der Waals surface area contributed by atoms with Crippen LogP contribution in [-0.2, 0) is 7.05 Å². The molecule has 4 aromatic rings. The van der Waals surface area contributed by atoms with Gasteiger partial charge in [0.25, 0.3) is 11.5 Å². The molecule has 0 aliphatic heterocycles. The van der Waals surface area contributed by atoms with Crippen LogP contribution in [0.25, 0.3) is 21.0 Å². The van der Waals surface area contributed by atoms with Crippen molar-refractivity contribution >= 4 is 55.7 Å². The van der Waals surface area contributed by atoms with Gasteiger partial charge in [0, 0.05) is 23.6 Å². The van der Waals surface area contributed by atoms with Gasteiger partial charge in [0.05, 0.1) is 15.1 Å². The van der Waals surface area contributed by atoms with Crippen molar-refractivity contribution in [2.45, 2.75) is 6.92 Å². The topological polar surface area (TPSA) is 66.9 Å². The maximum absolute atomic E-state index is 12.7. The Balaban J connectivity index is 1.74. The zero-order valence-corrected chi connectivity index (χ0v) is 15.1. The van der Waals surface area contributed by atoms with Gasteiger partial charge in [-0.15, -0.1) is 0 Å². The number of nitrogens with one attached hydrogen (secondary N) is 2. The fourth-order valence-corrected chi connectivity index (χ4v) is 3.85. The second kappa shape index (κ2) is 5.75. The molecule has 1 amide bonds. The van der Waals surface area contributed by atoms with Crippen molar-refractivity contribution in [3.05, 3.63) is 63.0 Å². The third kappa shape index (κ3) is 2.54. The molecule has 0 unspecified atom stereocenters. The van der Waals surface area contributed by atoms with E-state index in [9.17, 15) is 9.59 Å². The van der Waals surface area contributed by atoms with Crippen molar-refractivity contribution in [2.75, 3.05) is 5.32 Å². The molecular weight excluding hydrogens is 358 g/mol. The van der Waals surface area contributed by atoms with Crippen LogP contribution in [-0.4, -0.2) is 14.8 Å². The molecule has 2 aromatic carbocycles. The summed E-state index contributed by atoms with van der Waals surface area (Å²) in [5, 5.41) is 4.92. The number of halogens is 1. The van der Waals surface area contributed by atoms with Gasteiger partial charge in [-0.25, -0.2) is 0 Å². The number of hydrogen-bond donors (Lipinski definition) is 2. The molecule has 0 atom stereocenters. The number of fused-ring (bicyclic) bond motifs is 2. The number of amides is 1. The van der Waals surface area contributed by atoms with Gasteiger partial charge in [-0.1, -0.05) is 29.2 Å². The number of rotatable bonds is 2. The van der Waals surface area contributed by atoms with Gasteiger partial charge >= 0.3 is 0 Å². The Bertz CT molecular complexity index is 1200. The molecular formula is C18H14ClN3O2S. The Morgan fingerprint density at radius 3 is 2.80 bits per heavy atom. The number of carbonyl (C=O) groups excluding carboxylic acids is 1. The van der Waals surface area contributed by atoms with E-state index in [4.69, 9.17) is 11.6 Å². The smallest absolute Gasteiger partial charge is 0.272 e. The normalized spacial score (nSPS) is 11.3. The fourth-order valence-electron chi connectivity index (χ4n) is 2.93. The number of nitrogens with zero attached hydrogens (tertiary/aromatic N) is 1. The Hall–Kier alpha value is -2.57. The highest BCUT2D eigenvalue weighted by molar-refractivity contribution is 7.13. The highest BCUT2D eigenvalue weighted by Gasteiger charge is 2.16. The maximum Gasteiger partial charge on any atom is 0.272 e. The molecule has 7 heteroatoms. The molecule has 0 aliphatic carbocycles. The molecule has 0 aliphatic rings. The SMILES string of the molecule is Cc1ccc2c(cc(C(=O)Nc3ccc4s[nH]c(=O)c4c3)n2C)c1Cl. The van der Waals surface area contributed by atoms with Crippen LogP contribution in [0.2, 0.25) is 5.02 Å². The van der Waals surface area contributed by atoms with Crippen LogP contribution in [0.5, 0.6) is 0 Å². The van der Waals surface area contributed by atoms with Crippen molar-refractivity contribution in [1.82, 2.24) is 8.94 Å². The molecule has 4 rings (SSSR count). The number of anilines is 1. The van der Waals surface area contributed by atoms with Crippen LogP contribution in [0.15, 0.2) is 41.2 Å². The first kappa shape index (κ1) is 15.9. The Morgan fingerprint density at radius 2 is 2.00 bits per heavy atom. The predicted molar refractivity (Wildman–Crippen MR) is 103 cm³/mol. The first-order chi connectivity index (χ1) is 12.0. The van der Waals surface area contributed by atoms with Crippen LogP contribution in [0.3, 0.4) is 0 Å². The lowest BCUT2D eigenvalue weighted by molar-refractivity contribution is 0.102. The van der Waals surface area contributed by atoms with Crippen molar-refractivity contribution in [3.8, 4) is 0 Å². The summed E-state index contributed by atoms with van der Waals surface area (Å²) in [7, 11) is 1.83. The molecule has 0 radical (unpaired) electrons. The van der Waals surface area contributed by atoms with Crippen LogP contribution in [0.4, 0.5) is 5.69 Å². The van der Waals surface area contributed by atoms with E-state index in [0.717, 1.165) is 21.2 Å². The largest absolute Gasteiger partial charge is 0.340 e. The van der Waals surface area contributed by atoms with Crippen LogP contribution in [0.1, 0.15) is 16.1 Å². The van der Waals surface area contributed by atoms with Gasteiger partial charge in [-0.3, -0.25) is 14.0 Å². The van der Waals surface area contributed by atoms with E-state index in [0.29, 0.717) is 21.8 Å². The predicted octanol–water partition coefficient (Wildman–Crippen LogP) is 4.30. The monoisotopic (exact) mass is 371 g/mol. The lowest BCUT2D eigenvalue weighted by Gasteiger charge is -2.06.